The Balaban J connectivity index is 1.17. The first kappa shape index (κ1) is 31.3. The zero-order chi connectivity index (χ0) is 31.4. The molecule has 4 N–H and O–H groups in total. The average molecular weight is 633 g/mol. The first-order chi connectivity index (χ1) is 21.1. The number of alkyl halides is 3. The third-order valence-electron chi connectivity index (χ3n) is 7.80. The molecule has 0 bridgehead atoms. The van der Waals surface area contributed by atoms with Crippen LogP contribution in [0.4, 0.5) is 13.2 Å². The van der Waals surface area contributed by atoms with E-state index in [1.54, 1.807) is 23.1 Å². The Bertz CT molecular complexity index is 1540. The molecule has 2 aliphatic rings. The van der Waals surface area contributed by atoms with Gasteiger partial charge in [-0.2, -0.15) is 18.3 Å². The summed E-state index contributed by atoms with van der Waals surface area (Å²) in [6.07, 6.45) is -0.382. The molecule has 2 saturated heterocycles. The number of rotatable bonds is 8. The van der Waals surface area contributed by atoms with Gasteiger partial charge in [0.1, 0.15) is 0 Å². The van der Waals surface area contributed by atoms with Crippen LogP contribution in [0.1, 0.15) is 50.8 Å². The van der Waals surface area contributed by atoms with Gasteiger partial charge in [0.25, 0.3) is 11.8 Å². The van der Waals surface area contributed by atoms with E-state index in [-0.39, 0.29) is 58.5 Å². The monoisotopic (exact) mass is 632 g/mol. The number of aromatic amines is 2. The van der Waals surface area contributed by atoms with E-state index < -0.39 is 17.8 Å². The number of halogens is 4. The number of imidazole rings is 1. The Kier molecular flexibility index (Phi) is 9.39. The number of benzene rings is 1. The second kappa shape index (κ2) is 13.2. The van der Waals surface area contributed by atoms with Crippen molar-refractivity contribution in [3.63, 3.8) is 0 Å². The smallest absolute Gasteiger partial charge is 0.345 e. The van der Waals surface area contributed by atoms with Gasteiger partial charge in [0.05, 0.1) is 28.0 Å². The highest BCUT2D eigenvalue weighted by atomic mass is 35.5. The second-order valence-corrected chi connectivity index (χ2v) is 11.1. The van der Waals surface area contributed by atoms with E-state index in [4.69, 9.17) is 11.6 Å². The molecule has 3 amide bonds. The molecule has 11 nitrogen and oxygen atoms in total. The summed E-state index contributed by atoms with van der Waals surface area (Å²) < 4.78 is 40.5. The van der Waals surface area contributed by atoms with Crippen LogP contribution in [0, 0.1) is 5.92 Å². The number of nitrogens with one attached hydrogen (secondary N) is 4. The predicted octanol–water partition coefficient (Wildman–Crippen LogP) is 3.41. The molecule has 2 aromatic heterocycles. The molecule has 234 valence electrons. The molecule has 1 aromatic carbocycles. The minimum absolute atomic E-state index is 0.0181. The van der Waals surface area contributed by atoms with E-state index in [9.17, 15) is 27.6 Å². The minimum atomic E-state index is -4.72. The number of hydrogen-bond donors (Lipinski definition) is 4. The number of nitrogens with zero attached hydrogens (tertiary/aromatic N) is 4. The Morgan fingerprint density at radius 3 is 2.48 bits per heavy atom. The number of amides is 3. The van der Waals surface area contributed by atoms with Crippen LogP contribution < -0.4 is 10.6 Å². The van der Waals surface area contributed by atoms with Gasteiger partial charge in [0.15, 0.2) is 11.5 Å². The van der Waals surface area contributed by atoms with Gasteiger partial charge in [0.2, 0.25) is 5.91 Å². The summed E-state index contributed by atoms with van der Waals surface area (Å²) in [7, 11) is 0. The molecule has 0 atom stereocenters. The molecule has 0 saturated carbocycles. The van der Waals surface area contributed by atoms with Gasteiger partial charge in [-0.05, 0) is 43.6 Å². The molecule has 3 aromatic rings. The van der Waals surface area contributed by atoms with Crippen LogP contribution in [0.5, 0.6) is 0 Å². The van der Waals surface area contributed by atoms with Gasteiger partial charge in [-0.15, -0.1) is 6.58 Å². The van der Waals surface area contributed by atoms with Crippen LogP contribution in [0.25, 0.3) is 11.3 Å². The van der Waals surface area contributed by atoms with Crippen LogP contribution >= 0.6 is 11.6 Å². The predicted molar refractivity (Wildman–Crippen MR) is 156 cm³/mol. The Morgan fingerprint density at radius 2 is 1.82 bits per heavy atom. The van der Waals surface area contributed by atoms with Gasteiger partial charge >= 0.3 is 6.18 Å². The maximum atomic E-state index is 13.5. The zero-order valence-corrected chi connectivity index (χ0v) is 24.5. The second-order valence-electron chi connectivity index (χ2n) is 10.7. The minimum Gasteiger partial charge on any atom is -0.345 e. The molecule has 4 heterocycles. The summed E-state index contributed by atoms with van der Waals surface area (Å²) in [6, 6.07) is 4.82. The summed E-state index contributed by atoms with van der Waals surface area (Å²) in [5, 5.41) is 11.9. The first-order valence-corrected chi connectivity index (χ1v) is 14.6. The number of allylic oxidation sites excluding steroid dienone is 1. The average Bonchev–Trinajstić information content (AvgIpc) is 3.68. The highest BCUT2D eigenvalue weighted by Gasteiger charge is 2.39. The number of carbonyl (C=O) groups is 3. The van der Waals surface area contributed by atoms with E-state index in [1.807, 2.05) is 4.90 Å². The number of aromatic nitrogens is 4. The standard InChI is InChI=1S/C29H32ClF3N8O3/c1-2-3-21-23(24(39-38-21)29(31,32)33)22-16-35-25(37-22)26(42)36-15-17-4-5-19(20(30)14-17)28(44)41-12-10-40(11-13-41)27(43)18-6-8-34-9-7-18/h2,4-5,14,16,18,34H,1,3,6-13,15H2,(H,35,37)(H,36,42)(H,38,39). The van der Waals surface area contributed by atoms with Crippen molar-refractivity contribution < 1.29 is 27.6 Å². The van der Waals surface area contributed by atoms with Crippen LogP contribution in [-0.4, -0.2) is 87.0 Å². The first-order valence-electron chi connectivity index (χ1n) is 14.2. The molecule has 0 unspecified atom stereocenters. The zero-order valence-electron chi connectivity index (χ0n) is 23.8. The molecular formula is C29H32ClF3N8O3. The molecule has 2 fully saturated rings. The van der Waals surface area contributed by atoms with Crippen LogP contribution in [-0.2, 0) is 23.9 Å². The SMILES string of the molecule is C=CCc1[nH]nc(C(F)(F)F)c1-c1cnc(C(=O)NCc2ccc(C(=O)N3CCN(C(=O)C4CCNCC4)CC3)c(Cl)c2)[nH]1. The van der Waals surface area contributed by atoms with Crippen LogP contribution in [0.2, 0.25) is 5.02 Å². The number of carbonyl (C=O) groups excluding carboxylic acids is 3. The number of hydrogen-bond acceptors (Lipinski definition) is 6. The van der Waals surface area contributed by atoms with Crippen LogP contribution in [0.15, 0.2) is 37.1 Å². The Hall–Kier alpha value is -4.17. The van der Waals surface area contributed by atoms with E-state index >= 15 is 0 Å². The highest BCUT2D eigenvalue weighted by molar-refractivity contribution is 6.33. The molecule has 44 heavy (non-hydrogen) atoms. The Morgan fingerprint density at radius 1 is 1.11 bits per heavy atom. The Labute approximate surface area is 256 Å². The fourth-order valence-corrected chi connectivity index (χ4v) is 5.75. The number of piperidine rings is 1. The van der Waals surface area contributed by atoms with Crippen molar-refractivity contribution in [1.82, 2.24) is 40.6 Å². The molecule has 15 heteroatoms. The van der Waals surface area contributed by atoms with Gasteiger partial charge in [-0.3, -0.25) is 19.5 Å². The number of piperazine rings is 1. The normalized spacial score (nSPS) is 16.2. The summed E-state index contributed by atoms with van der Waals surface area (Å²) in [5.41, 5.74) is -0.277. The van der Waals surface area contributed by atoms with Crippen molar-refractivity contribution in [2.75, 3.05) is 39.3 Å². The molecule has 0 radical (unpaired) electrons. The van der Waals surface area contributed by atoms with E-state index in [0.29, 0.717) is 37.3 Å². The lowest BCUT2D eigenvalue weighted by Gasteiger charge is -2.37. The van der Waals surface area contributed by atoms with Gasteiger partial charge in [0, 0.05) is 50.8 Å². The van der Waals surface area contributed by atoms with E-state index in [1.165, 1.54) is 6.08 Å². The van der Waals surface area contributed by atoms with Crippen molar-refractivity contribution in [2.45, 2.75) is 32.0 Å². The fourth-order valence-electron chi connectivity index (χ4n) is 5.46. The van der Waals surface area contributed by atoms with E-state index in [2.05, 4.69) is 37.4 Å². The van der Waals surface area contributed by atoms with Crippen LogP contribution in [0.3, 0.4) is 0 Å². The van der Waals surface area contributed by atoms with Gasteiger partial charge in [-0.1, -0.05) is 23.7 Å². The van der Waals surface area contributed by atoms with Crippen molar-refractivity contribution in [2.24, 2.45) is 5.92 Å². The summed E-state index contributed by atoms with van der Waals surface area (Å²) in [4.78, 5) is 48.8. The van der Waals surface area contributed by atoms with Gasteiger partial charge < -0.3 is 25.4 Å². The number of H-pyrrole nitrogens is 2. The molecule has 0 aliphatic carbocycles. The molecule has 5 rings (SSSR count). The molecule has 2 aliphatic heterocycles. The van der Waals surface area contributed by atoms with Crippen molar-refractivity contribution in [1.29, 1.82) is 0 Å². The molecule has 0 spiro atoms. The summed E-state index contributed by atoms with van der Waals surface area (Å²) in [5.74, 6) is -0.888. The maximum Gasteiger partial charge on any atom is 0.435 e. The summed E-state index contributed by atoms with van der Waals surface area (Å²) >= 11 is 6.45. The lowest BCUT2D eigenvalue weighted by molar-refractivity contribution is -0.140. The largest absolute Gasteiger partial charge is 0.435 e. The lowest BCUT2D eigenvalue weighted by atomic mass is 9.96. The third kappa shape index (κ3) is 6.81. The topological polar surface area (TPSA) is 139 Å². The summed E-state index contributed by atoms with van der Waals surface area (Å²) in [6.45, 7) is 7.02. The fraction of sp³-hybridized carbons (Fsp3) is 0.414. The molecular weight excluding hydrogens is 601 g/mol. The highest BCUT2D eigenvalue weighted by Crippen LogP contribution is 2.37. The van der Waals surface area contributed by atoms with Gasteiger partial charge in [-0.25, -0.2) is 4.98 Å². The van der Waals surface area contributed by atoms with E-state index in [0.717, 1.165) is 32.1 Å². The lowest BCUT2D eigenvalue weighted by Crippen LogP contribution is -2.52. The van der Waals surface area contributed by atoms with Crippen molar-refractivity contribution in [3.8, 4) is 11.3 Å². The van der Waals surface area contributed by atoms with Crippen molar-refractivity contribution in [3.05, 3.63) is 70.4 Å². The third-order valence-corrected chi connectivity index (χ3v) is 8.12. The maximum absolute atomic E-state index is 13.5. The quantitative estimate of drug-likeness (QED) is 0.281. The van der Waals surface area contributed by atoms with Crippen molar-refractivity contribution >= 4 is 29.3 Å².